The highest BCUT2D eigenvalue weighted by atomic mass is 19.1. The van der Waals surface area contributed by atoms with Crippen molar-refractivity contribution in [3.8, 4) is 0 Å². The Morgan fingerprint density at radius 3 is 2.61 bits per heavy atom. The zero-order valence-electron chi connectivity index (χ0n) is 15.6. The second kappa shape index (κ2) is 8.21. The van der Waals surface area contributed by atoms with Gasteiger partial charge in [0.25, 0.3) is 0 Å². The van der Waals surface area contributed by atoms with Gasteiger partial charge in [0.2, 0.25) is 11.8 Å². The fourth-order valence-corrected chi connectivity index (χ4v) is 3.22. The summed E-state index contributed by atoms with van der Waals surface area (Å²) in [5, 5.41) is 3.65. The third kappa shape index (κ3) is 4.36. The van der Waals surface area contributed by atoms with Gasteiger partial charge < -0.3 is 15.2 Å². The number of H-pyrrole nitrogens is 1. The van der Waals surface area contributed by atoms with Crippen molar-refractivity contribution in [3.63, 3.8) is 0 Å². The van der Waals surface area contributed by atoms with Gasteiger partial charge in [-0.05, 0) is 17.7 Å². The van der Waals surface area contributed by atoms with Crippen molar-refractivity contribution in [2.75, 3.05) is 7.05 Å². The van der Waals surface area contributed by atoms with Crippen LogP contribution in [0.3, 0.4) is 0 Å². The molecule has 0 radical (unpaired) electrons. The highest BCUT2D eigenvalue weighted by Crippen LogP contribution is 2.20. The molecule has 1 aromatic heterocycles. The van der Waals surface area contributed by atoms with Gasteiger partial charge in [-0.25, -0.2) is 8.78 Å². The molecule has 2 amide bonds. The number of amides is 2. The highest BCUT2D eigenvalue weighted by molar-refractivity contribution is 5.89. The maximum atomic E-state index is 13.9. The van der Waals surface area contributed by atoms with Crippen molar-refractivity contribution in [2.24, 2.45) is 0 Å². The summed E-state index contributed by atoms with van der Waals surface area (Å²) in [6.07, 6.45) is 2.10. The minimum atomic E-state index is -0.801. The summed E-state index contributed by atoms with van der Waals surface area (Å²) in [7, 11) is 1.52. The van der Waals surface area contributed by atoms with Crippen LogP contribution < -0.4 is 5.32 Å². The summed E-state index contributed by atoms with van der Waals surface area (Å²) in [5.41, 5.74) is 2.03. The maximum absolute atomic E-state index is 13.9. The normalized spacial score (nSPS) is 12.0. The maximum Gasteiger partial charge on any atom is 0.245 e. The second-order valence-electron chi connectivity index (χ2n) is 6.75. The number of hydrogen-bond acceptors (Lipinski definition) is 2. The fourth-order valence-electron chi connectivity index (χ4n) is 3.22. The molecule has 0 bridgehead atoms. The average Bonchev–Trinajstić information content (AvgIpc) is 3.05. The molecule has 2 N–H and O–H groups in total. The number of para-hydroxylation sites is 1. The van der Waals surface area contributed by atoms with Crippen molar-refractivity contribution >= 4 is 22.7 Å². The van der Waals surface area contributed by atoms with Crippen LogP contribution in [0.4, 0.5) is 8.78 Å². The molecular weight excluding hydrogens is 364 g/mol. The molecule has 28 heavy (non-hydrogen) atoms. The molecule has 0 spiro atoms. The Morgan fingerprint density at radius 1 is 1.14 bits per heavy atom. The molecule has 0 aliphatic carbocycles. The number of rotatable bonds is 6. The number of aromatic nitrogens is 1. The Bertz CT molecular complexity index is 1020. The van der Waals surface area contributed by atoms with Gasteiger partial charge in [0.1, 0.15) is 17.7 Å². The summed E-state index contributed by atoms with van der Waals surface area (Å²) in [5.74, 6) is -2.08. The van der Waals surface area contributed by atoms with Gasteiger partial charge in [-0.3, -0.25) is 9.59 Å². The van der Waals surface area contributed by atoms with E-state index in [1.165, 1.54) is 24.9 Å². The minimum Gasteiger partial charge on any atom is -0.361 e. The lowest BCUT2D eigenvalue weighted by Gasteiger charge is -2.24. The monoisotopic (exact) mass is 385 g/mol. The molecule has 3 aromatic rings. The first-order valence-electron chi connectivity index (χ1n) is 8.86. The Morgan fingerprint density at radius 2 is 1.89 bits per heavy atom. The van der Waals surface area contributed by atoms with Crippen LogP contribution in [0.5, 0.6) is 0 Å². The predicted octanol–water partition coefficient (Wildman–Crippen LogP) is 3.15. The Labute approximate surface area is 161 Å². The van der Waals surface area contributed by atoms with Crippen LogP contribution in [-0.4, -0.2) is 34.8 Å². The van der Waals surface area contributed by atoms with E-state index in [0.29, 0.717) is 6.42 Å². The lowest BCUT2D eigenvalue weighted by molar-refractivity contribution is -0.135. The first-order chi connectivity index (χ1) is 13.3. The highest BCUT2D eigenvalue weighted by Gasteiger charge is 2.25. The number of likely N-dealkylation sites (N-methyl/N-ethyl adjacent to an activating group) is 1. The SMILES string of the molecule is CC(=O)NC(Cc1c[nH]c2ccccc12)C(=O)N(C)Cc1ccc(F)cc1F. The van der Waals surface area contributed by atoms with E-state index < -0.39 is 17.7 Å². The van der Waals surface area contributed by atoms with Crippen molar-refractivity contribution < 1.29 is 18.4 Å². The number of nitrogens with one attached hydrogen (secondary N) is 2. The number of carbonyl (C=O) groups is 2. The number of nitrogens with zero attached hydrogens (tertiary/aromatic N) is 1. The molecule has 2 aromatic carbocycles. The van der Waals surface area contributed by atoms with Crippen LogP contribution in [-0.2, 0) is 22.6 Å². The summed E-state index contributed by atoms with van der Waals surface area (Å²) >= 11 is 0. The molecule has 7 heteroatoms. The van der Waals surface area contributed by atoms with Crippen molar-refractivity contribution in [2.45, 2.75) is 25.9 Å². The Kier molecular flexibility index (Phi) is 5.73. The summed E-state index contributed by atoms with van der Waals surface area (Å²) in [4.78, 5) is 29.0. The van der Waals surface area contributed by atoms with E-state index in [2.05, 4.69) is 10.3 Å². The second-order valence-corrected chi connectivity index (χ2v) is 6.75. The minimum absolute atomic E-state index is 0.0328. The van der Waals surface area contributed by atoms with Crippen molar-refractivity contribution in [1.29, 1.82) is 0 Å². The van der Waals surface area contributed by atoms with E-state index in [0.717, 1.165) is 28.6 Å². The van der Waals surface area contributed by atoms with Crippen LogP contribution in [0.1, 0.15) is 18.1 Å². The zero-order valence-corrected chi connectivity index (χ0v) is 15.6. The van der Waals surface area contributed by atoms with Gasteiger partial charge in [-0.2, -0.15) is 0 Å². The third-order valence-electron chi connectivity index (χ3n) is 4.57. The van der Waals surface area contributed by atoms with Crippen LogP contribution in [0, 0.1) is 11.6 Å². The number of halogens is 2. The van der Waals surface area contributed by atoms with E-state index in [-0.39, 0.29) is 23.9 Å². The quantitative estimate of drug-likeness (QED) is 0.685. The van der Waals surface area contributed by atoms with E-state index >= 15 is 0 Å². The fraction of sp³-hybridized carbons (Fsp3) is 0.238. The van der Waals surface area contributed by atoms with Crippen molar-refractivity contribution in [1.82, 2.24) is 15.2 Å². The average molecular weight is 385 g/mol. The van der Waals surface area contributed by atoms with Crippen LogP contribution >= 0.6 is 0 Å². The topological polar surface area (TPSA) is 65.2 Å². The molecule has 5 nitrogen and oxygen atoms in total. The third-order valence-corrected chi connectivity index (χ3v) is 4.57. The Hall–Kier alpha value is -3.22. The number of hydrogen-bond donors (Lipinski definition) is 2. The smallest absolute Gasteiger partial charge is 0.245 e. The van der Waals surface area contributed by atoms with Gasteiger partial charge in [-0.1, -0.05) is 24.3 Å². The van der Waals surface area contributed by atoms with Crippen LogP contribution in [0.2, 0.25) is 0 Å². The molecule has 3 rings (SSSR count). The number of carbonyl (C=O) groups excluding carboxylic acids is 2. The standard InChI is InChI=1S/C21H21F2N3O2/c1-13(27)25-20(9-15-11-24-19-6-4-3-5-17(15)19)21(28)26(2)12-14-7-8-16(22)10-18(14)23/h3-8,10-11,20,24H,9,12H2,1-2H3,(H,25,27). The lowest BCUT2D eigenvalue weighted by Crippen LogP contribution is -2.47. The largest absolute Gasteiger partial charge is 0.361 e. The molecule has 0 saturated heterocycles. The molecule has 1 heterocycles. The number of aromatic amines is 1. The van der Waals surface area contributed by atoms with Gasteiger partial charge in [0.15, 0.2) is 0 Å². The van der Waals surface area contributed by atoms with Crippen LogP contribution in [0.15, 0.2) is 48.7 Å². The molecule has 0 aliphatic rings. The molecule has 1 unspecified atom stereocenters. The van der Waals surface area contributed by atoms with E-state index in [1.807, 2.05) is 30.5 Å². The van der Waals surface area contributed by atoms with Gasteiger partial charge in [0, 0.05) is 55.7 Å². The van der Waals surface area contributed by atoms with Gasteiger partial charge in [0.05, 0.1) is 0 Å². The summed E-state index contributed by atoms with van der Waals surface area (Å²) in [6, 6.07) is 10.1. The lowest BCUT2D eigenvalue weighted by atomic mass is 10.0. The van der Waals surface area contributed by atoms with Gasteiger partial charge >= 0.3 is 0 Å². The Balaban J connectivity index is 1.80. The molecular formula is C21H21F2N3O2. The molecule has 0 saturated carbocycles. The van der Waals surface area contributed by atoms with E-state index in [9.17, 15) is 18.4 Å². The van der Waals surface area contributed by atoms with Crippen LogP contribution in [0.25, 0.3) is 10.9 Å². The molecule has 0 fully saturated rings. The number of fused-ring (bicyclic) bond motifs is 1. The van der Waals surface area contributed by atoms with Crippen molar-refractivity contribution in [3.05, 3.63) is 71.4 Å². The summed E-state index contributed by atoms with van der Waals surface area (Å²) < 4.78 is 27.0. The van der Waals surface area contributed by atoms with Gasteiger partial charge in [-0.15, -0.1) is 0 Å². The predicted molar refractivity (Wildman–Crippen MR) is 102 cm³/mol. The molecule has 146 valence electrons. The first-order valence-corrected chi connectivity index (χ1v) is 8.86. The van der Waals surface area contributed by atoms with E-state index in [1.54, 1.807) is 0 Å². The molecule has 0 aliphatic heterocycles. The number of benzene rings is 2. The first kappa shape index (κ1) is 19.5. The summed E-state index contributed by atoms with van der Waals surface area (Å²) in [6.45, 7) is 1.31. The molecule has 1 atom stereocenters. The van der Waals surface area contributed by atoms with E-state index in [4.69, 9.17) is 0 Å². The zero-order chi connectivity index (χ0) is 20.3.